The van der Waals surface area contributed by atoms with Crippen molar-refractivity contribution in [2.24, 2.45) is 0 Å². The van der Waals surface area contributed by atoms with E-state index >= 15 is 0 Å². The normalized spacial score (nSPS) is 13.4. The predicted octanol–water partition coefficient (Wildman–Crippen LogP) is 4.26. The largest absolute Gasteiger partial charge is 0.495 e. The van der Waals surface area contributed by atoms with Crippen LogP contribution in [0.15, 0.2) is 40.7 Å². The van der Waals surface area contributed by atoms with E-state index in [2.05, 4.69) is 0 Å². The summed E-state index contributed by atoms with van der Waals surface area (Å²) in [5, 5.41) is 0.646. The molecule has 0 bridgehead atoms. The average molecular weight is 388 g/mol. The number of hydrogen-bond acceptors (Lipinski definition) is 7. The highest BCUT2D eigenvalue weighted by molar-refractivity contribution is 7.80. The van der Waals surface area contributed by atoms with Crippen LogP contribution < -0.4 is 14.2 Å². The fourth-order valence-corrected chi connectivity index (χ4v) is 3.14. The first-order chi connectivity index (χ1) is 13.1. The van der Waals surface area contributed by atoms with E-state index in [-0.39, 0.29) is 24.7 Å². The maximum Gasteiger partial charge on any atom is 0.205 e. The summed E-state index contributed by atoms with van der Waals surface area (Å²) in [7, 11) is 2.99. The monoisotopic (exact) mass is 388 g/mol. The van der Waals surface area contributed by atoms with E-state index in [4.69, 9.17) is 35.6 Å². The Kier molecular flexibility index (Phi) is 5.81. The van der Waals surface area contributed by atoms with E-state index in [9.17, 15) is 4.79 Å². The fourth-order valence-electron chi connectivity index (χ4n) is 2.92. The van der Waals surface area contributed by atoms with Crippen molar-refractivity contribution in [1.82, 2.24) is 0 Å². The van der Waals surface area contributed by atoms with Gasteiger partial charge < -0.3 is 23.4 Å². The Morgan fingerprint density at radius 3 is 2.56 bits per heavy atom. The second-order valence-electron chi connectivity index (χ2n) is 5.77. The first-order valence-corrected chi connectivity index (χ1v) is 8.81. The van der Waals surface area contributed by atoms with Gasteiger partial charge in [-0.1, -0.05) is 24.4 Å². The van der Waals surface area contributed by atoms with Crippen LogP contribution in [0.3, 0.4) is 0 Å². The zero-order valence-electron chi connectivity index (χ0n) is 15.4. The van der Waals surface area contributed by atoms with Crippen LogP contribution in [0.25, 0.3) is 11.0 Å². The molecule has 1 heterocycles. The molecule has 27 heavy (non-hydrogen) atoms. The number of Topliss-reactive ketones (excluding diaryl/α,β-unsaturated/α-hetero) is 1. The standard InChI is InChI=1S/C20H20O6S/c1-12(21)16-17(22-2)13-8-9-25-18(13)20(23-3)19(16)26-11-10-24-14-6-4-5-7-15(14)27/h4-6,8-9H,7,10-11H2,1-3H3. The van der Waals surface area contributed by atoms with E-state index in [1.807, 2.05) is 18.2 Å². The molecule has 0 amide bonds. The van der Waals surface area contributed by atoms with Crippen LogP contribution in [0, 0.1) is 0 Å². The quantitative estimate of drug-likeness (QED) is 0.380. The molecule has 0 unspecified atom stereocenters. The van der Waals surface area contributed by atoms with Crippen molar-refractivity contribution in [3.8, 4) is 17.2 Å². The number of furan rings is 1. The van der Waals surface area contributed by atoms with Crippen LogP contribution in [-0.2, 0) is 4.74 Å². The summed E-state index contributed by atoms with van der Waals surface area (Å²) in [5.74, 6) is 1.47. The summed E-state index contributed by atoms with van der Waals surface area (Å²) in [6.07, 6.45) is 7.90. The van der Waals surface area contributed by atoms with Gasteiger partial charge in [-0.3, -0.25) is 4.79 Å². The first kappa shape index (κ1) is 19.0. The predicted molar refractivity (Wildman–Crippen MR) is 105 cm³/mol. The van der Waals surface area contributed by atoms with E-state index in [0.29, 0.717) is 40.2 Å². The average Bonchev–Trinajstić information content (AvgIpc) is 3.14. The summed E-state index contributed by atoms with van der Waals surface area (Å²) in [6, 6.07) is 1.72. The smallest absolute Gasteiger partial charge is 0.205 e. The van der Waals surface area contributed by atoms with Crippen LogP contribution in [-0.4, -0.2) is 38.1 Å². The summed E-state index contributed by atoms with van der Waals surface area (Å²) >= 11 is 5.26. The molecule has 7 heteroatoms. The minimum absolute atomic E-state index is 0.190. The molecule has 0 radical (unpaired) electrons. The van der Waals surface area contributed by atoms with Gasteiger partial charge >= 0.3 is 0 Å². The van der Waals surface area contributed by atoms with Crippen molar-refractivity contribution >= 4 is 33.8 Å². The number of benzene rings is 1. The molecule has 0 aliphatic heterocycles. The second kappa shape index (κ2) is 8.26. The lowest BCUT2D eigenvalue weighted by molar-refractivity contribution is 0.100. The number of ketones is 1. The molecule has 0 saturated heterocycles. The summed E-state index contributed by atoms with van der Waals surface area (Å²) in [5.41, 5.74) is 0.759. The zero-order valence-corrected chi connectivity index (χ0v) is 16.2. The van der Waals surface area contributed by atoms with Gasteiger partial charge in [-0.05, 0) is 19.1 Å². The third kappa shape index (κ3) is 3.68. The van der Waals surface area contributed by atoms with Gasteiger partial charge in [0.1, 0.15) is 30.3 Å². The van der Waals surface area contributed by atoms with Crippen molar-refractivity contribution in [3.05, 3.63) is 41.9 Å². The van der Waals surface area contributed by atoms with Crippen molar-refractivity contribution in [1.29, 1.82) is 0 Å². The molecule has 0 saturated carbocycles. The van der Waals surface area contributed by atoms with E-state index in [0.717, 1.165) is 4.86 Å². The minimum Gasteiger partial charge on any atom is -0.495 e. The summed E-state index contributed by atoms with van der Waals surface area (Å²) < 4.78 is 28.0. The number of ether oxygens (including phenoxy) is 4. The van der Waals surface area contributed by atoms with Gasteiger partial charge in [0.2, 0.25) is 5.75 Å². The maximum absolute atomic E-state index is 12.3. The topological polar surface area (TPSA) is 67.1 Å². The lowest BCUT2D eigenvalue weighted by Crippen LogP contribution is -2.13. The lowest BCUT2D eigenvalue weighted by Gasteiger charge is -2.18. The van der Waals surface area contributed by atoms with Gasteiger partial charge in [0.15, 0.2) is 17.1 Å². The highest BCUT2D eigenvalue weighted by Gasteiger charge is 2.27. The third-order valence-electron chi connectivity index (χ3n) is 4.09. The molecule has 3 rings (SSSR count). The molecule has 0 N–H and O–H groups in total. The molecule has 1 aromatic heterocycles. The molecule has 142 valence electrons. The molecule has 1 aromatic carbocycles. The van der Waals surface area contributed by atoms with Crippen molar-refractivity contribution < 1.29 is 28.2 Å². The van der Waals surface area contributed by atoms with E-state index in [1.165, 1.54) is 27.4 Å². The Labute approximate surface area is 162 Å². The number of carbonyl (C=O) groups is 1. The van der Waals surface area contributed by atoms with Crippen molar-refractivity contribution in [2.75, 3.05) is 27.4 Å². The number of hydrogen-bond donors (Lipinski definition) is 0. The number of allylic oxidation sites excluding steroid dienone is 4. The van der Waals surface area contributed by atoms with Crippen molar-refractivity contribution in [2.45, 2.75) is 13.3 Å². The molecule has 0 spiro atoms. The van der Waals surface area contributed by atoms with Gasteiger partial charge in [0.05, 0.1) is 30.7 Å². The molecule has 2 aromatic rings. The molecule has 1 aliphatic carbocycles. The lowest BCUT2D eigenvalue weighted by atomic mass is 10.0. The van der Waals surface area contributed by atoms with Crippen LogP contribution in [0.1, 0.15) is 23.7 Å². The maximum atomic E-state index is 12.3. The van der Waals surface area contributed by atoms with Gasteiger partial charge in [-0.15, -0.1) is 0 Å². The van der Waals surface area contributed by atoms with Gasteiger partial charge in [-0.25, -0.2) is 0 Å². The molecule has 6 nitrogen and oxygen atoms in total. The van der Waals surface area contributed by atoms with Crippen LogP contribution in [0.4, 0.5) is 0 Å². The Bertz CT molecular complexity index is 938. The van der Waals surface area contributed by atoms with Crippen LogP contribution in [0.2, 0.25) is 0 Å². The number of carbonyl (C=O) groups excluding carboxylic acids is 1. The zero-order chi connectivity index (χ0) is 19.4. The molecular formula is C20H20O6S. The number of rotatable bonds is 8. The Hall–Kier alpha value is -2.80. The molecular weight excluding hydrogens is 368 g/mol. The van der Waals surface area contributed by atoms with Gasteiger partial charge in [0.25, 0.3) is 0 Å². The third-order valence-corrected chi connectivity index (χ3v) is 4.45. The first-order valence-electron chi connectivity index (χ1n) is 8.40. The molecule has 0 fully saturated rings. The van der Waals surface area contributed by atoms with E-state index in [1.54, 1.807) is 6.07 Å². The molecule has 1 aliphatic rings. The van der Waals surface area contributed by atoms with Crippen LogP contribution >= 0.6 is 12.2 Å². The second-order valence-corrected chi connectivity index (χ2v) is 6.27. The van der Waals surface area contributed by atoms with Gasteiger partial charge in [-0.2, -0.15) is 0 Å². The van der Waals surface area contributed by atoms with E-state index < -0.39 is 0 Å². The van der Waals surface area contributed by atoms with Crippen molar-refractivity contribution in [3.63, 3.8) is 0 Å². The highest BCUT2D eigenvalue weighted by atomic mass is 32.1. The number of fused-ring (bicyclic) bond motifs is 1. The highest BCUT2D eigenvalue weighted by Crippen LogP contribution is 2.46. The van der Waals surface area contributed by atoms with Crippen LogP contribution in [0.5, 0.6) is 17.2 Å². The van der Waals surface area contributed by atoms with Gasteiger partial charge in [0, 0.05) is 6.42 Å². The number of methoxy groups -OCH3 is 2. The SMILES string of the molecule is COc1c(C(C)=O)c(OCCOC2=CC=CCC2=S)c(OC)c2occc12. The molecule has 0 atom stereocenters. The fraction of sp³-hybridized carbons (Fsp3) is 0.300. The Balaban J connectivity index is 1.87. The number of thiocarbonyl (C=S) groups is 1. The summed E-state index contributed by atoms with van der Waals surface area (Å²) in [4.78, 5) is 13.0. The Morgan fingerprint density at radius 2 is 1.89 bits per heavy atom. The Morgan fingerprint density at radius 1 is 1.15 bits per heavy atom. The summed E-state index contributed by atoms with van der Waals surface area (Å²) in [6.45, 7) is 1.90. The minimum atomic E-state index is -0.203.